The van der Waals surface area contributed by atoms with Crippen molar-refractivity contribution in [3.63, 3.8) is 0 Å². The minimum atomic E-state index is -1.83. The maximum Gasteiger partial charge on any atom is 0.408 e. The summed E-state index contributed by atoms with van der Waals surface area (Å²) in [4.78, 5) is 181. The summed E-state index contributed by atoms with van der Waals surface area (Å²) in [5, 5.41) is 103. The zero-order valence-electron chi connectivity index (χ0n) is 80.8. The van der Waals surface area contributed by atoms with Crippen LogP contribution in [-0.4, -0.2) is 281 Å². The summed E-state index contributed by atoms with van der Waals surface area (Å²) in [6.45, 7) is 4.34. The van der Waals surface area contributed by atoms with E-state index in [-0.39, 0.29) is 108 Å². The standard InChI is InChI=1S/C33H41N7O6.C32H41N7O7.C31H39N7O6.C4H7NO.2CH4.H2O/c1-21(41)28(42)33-19-23(33)14-8-3-2-4-9-17-26(34-32(45)46-25-15-10-11-16-25)31(44)39-20-24(18-27(39)30(43)35-33)40-37-29(36-38-40)22-12-6-5-7-13-22;40-26(30(43)44)32-18-21(32)13-7-2-1-3-8-16-24(33-31(45)46-23-14-9-10-15-23)29(42)38-19-22(17-25(38)28(41)34-32)39-36-27(35-37-39)20-11-5-4-6-12-20;39-27-25-17-22(38-35-26(34-36-38)20-11-5-4-6-12-20)19-37(25)28(40)24(32-30(43)44-23-14-9-10-15-23)16-8-3-1-2-7-13-21-18-31(21,33-27)29(41)42;1-4(2,6)3-5;;;/h5-8,12-14,23-27H,2-4,9-11,15-20H2,1H3,(H,34,45)(H,35,43);4-7,11-13,21-26,40H,1-3,8-10,14-19H2,(H,33,45)(H,34,41)(H,43,44);4-7,11-13,21-25H,1-3,8-10,14-19H2,(H,32,43)(H,33,39)(H,41,42);6H,1-2H3;2*1H4;1H2/b14-8-;2*13-7-;;;;/t23-,24-,26+,27+,33-;21-,22-,24+,25+,26?,32-;21-,22-,24+,25+,31-;;;;/m111..../s1. The second kappa shape index (κ2) is 49.8. The number of nitrogens with one attached hydrogen (secondary N) is 6. The number of ether oxygens (including phenoxy) is 3. The number of benzene rings is 3. The van der Waals surface area contributed by atoms with Gasteiger partial charge in [0.05, 0.1) is 29.7 Å². The van der Waals surface area contributed by atoms with Gasteiger partial charge in [0, 0.05) is 80.3 Å². The molecule has 1 unspecified atom stereocenters. The Morgan fingerprint density at radius 2 is 0.752 bits per heavy atom. The lowest BCUT2D eigenvalue weighted by molar-refractivity contribution is -0.150. The third kappa shape index (κ3) is 27.5. The van der Waals surface area contributed by atoms with Crippen LogP contribution in [0.4, 0.5) is 14.4 Å². The van der Waals surface area contributed by atoms with Gasteiger partial charge in [-0.15, -0.1) is 30.6 Å². The van der Waals surface area contributed by atoms with Crippen molar-refractivity contribution in [1.82, 2.24) is 107 Å². The van der Waals surface area contributed by atoms with Gasteiger partial charge < -0.3 is 86.7 Å². The number of carbonyl (C=O) groups excluding carboxylic acids is 11. The fraction of sp³-hybridized carbons (Fsp3) is 0.598. The van der Waals surface area contributed by atoms with E-state index in [1.54, 1.807) is 6.07 Å². The molecular weight excluding hydrogens is 1870 g/mol. The van der Waals surface area contributed by atoms with Crippen LogP contribution in [0.15, 0.2) is 127 Å². The van der Waals surface area contributed by atoms with Crippen LogP contribution in [0.5, 0.6) is 0 Å². The summed E-state index contributed by atoms with van der Waals surface area (Å²) < 4.78 is 16.8. The van der Waals surface area contributed by atoms with Gasteiger partial charge >= 0.3 is 30.2 Å². The number of allylic oxidation sites excluding steroid dienone is 3. The highest BCUT2D eigenvalue weighted by molar-refractivity contribution is 6.41. The molecule has 6 aliphatic heterocycles. The lowest BCUT2D eigenvalue weighted by Crippen LogP contribution is -2.58. The molecule has 9 fully saturated rings. The van der Waals surface area contributed by atoms with Crippen LogP contribution in [0.2, 0.25) is 0 Å². The van der Waals surface area contributed by atoms with E-state index in [1.165, 1.54) is 49.9 Å². The van der Waals surface area contributed by atoms with Crippen LogP contribution >= 0.6 is 0 Å². The number of alkyl carbamates (subject to hydrolysis) is 3. The van der Waals surface area contributed by atoms with E-state index in [4.69, 9.17) is 24.6 Å². The smallest absolute Gasteiger partial charge is 0.408 e. The normalized spacial score (nSPS) is 28.6. The monoisotopic (exact) mass is 2010 g/mol. The number of aliphatic hydroxyl groups is 2. The number of aliphatic carboxylic acids is 2. The number of aliphatic hydroxyl groups excluding tert-OH is 1. The second-order valence-electron chi connectivity index (χ2n) is 39.8. The van der Waals surface area contributed by atoms with Crippen LogP contribution in [-0.2, 0) is 62.2 Å². The van der Waals surface area contributed by atoms with Crippen LogP contribution in [0, 0.1) is 29.1 Å². The average Bonchev–Trinajstić information content (AvgIpc) is 1.59. The number of carbonyl (C=O) groups is 13. The number of hydrogen-bond acceptors (Lipinski definition) is 28. The van der Waals surface area contributed by atoms with Gasteiger partial charge in [-0.25, -0.2) is 24.0 Å². The second-order valence-corrected chi connectivity index (χ2v) is 39.8. The van der Waals surface area contributed by atoms with E-state index >= 15 is 0 Å². The van der Waals surface area contributed by atoms with Crippen LogP contribution < -0.4 is 31.9 Å². The summed E-state index contributed by atoms with van der Waals surface area (Å²) in [7, 11) is 0. The molecule has 9 amide bonds. The van der Waals surface area contributed by atoms with Crippen molar-refractivity contribution >= 4 is 77.2 Å². The number of nitriles is 1. The highest BCUT2D eigenvalue weighted by atomic mass is 16.6. The number of rotatable bonds is 17. The van der Waals surface area contributed by atoms with Gasteiger partial charge in [-0.1, -0.05) is 181 Å². The van der Waals surface area contributed by atoms with Crippen molar-refractivity contribution in [3.05, 3.63) is 127 Å². The lowest BCUT2D eigenvalue weighted by atomic mass is 10.0. The van der Waals surface area contributed by atoms with Gasteiger partial charge in [0.25, 0.3) is 0 Å². The molecule has 12 aliphatic rings. The Hall–Kier alpha value is -13.6. The minimum absolute atomic E-state index is 0. The molecule has 0 radical (unpaired) electrons. The maximum atomic E-state index is 14.3. The van der Waals surface area contributed by atoms with Crippen LogP contribution in [0.3, 0.4) is 0 Å². The highest BCUT2D eigenvalue weighted by Gasteiger charge is 2.65. The van der Waals surface area contributed by atoms with Crippen molar-refractivity contribution in [3.8, 4) is 40.2 Å². The molecule has 9 heterocycles. The van der Waals surface area contributed by atoms with Crippen molar-refractivity contribution < 1.29 is 102 Å². The molecule has 16 atom stereocenters. The number of carboxylic acid groups (broad SMARTS) is 2. The number of hydrogen-bond donors (Lipinski definition) is 10. The quantitative estimate of drug-likeness (QED) is 0.0176. The molecule has 18 rings (SSSR count). The lowest BCUT2D eigenvalue weighted by Gasteiger charge is -2.30. The number of carboxylic acids is 2. The number of nitrogens with zero attached hydrogens (tertiary/aromatic N) is 16. The SMILES string of the molecule is C.C.CC(=O)C(=O)[C@@]12C[C@H]1/C=C\CCCCC[C@H](NC(=O)OC1CCCC1)C(=O)N1C[C@H](n3nnc(-c4ccccc4)n3)C[C@H]1C(=O)N2.CC(C)(O)C#N.O.O=C(N[C@H]1CCCCC/C=C\[C@@H]2C[C@@]2(C(=O)O)NC(=O)[C@@H]2C[C@@H](n3nnc(-c4ccccc4)n3)CN2C1=O)OC1CCCC1.O=C(N[C@H]1CCCCC/C=C\[C@@H]2C[C@@]2(C(O)C(=O)O)NC(=O)[C@@H]2C[C@@H](n3nnc(-c4ccccc4)n3)CN2C1=O)OC1CCCC1. The first kappa shape index (κ1) is 110. The first-order valence-corrected chi connectivity index (χ1v) is 50.1. The molecule has 43 nitrogen and oxygen atoms in total. The van der Waals surface area contributed by atoms with E-state index in [2.05, 4.69) is 78.1 Å². The zero-order valence-corrected chi connectivity index (χ0v) is 80.8. The van der Waals surface area contributed by atoms with Crippen LogP contribution in [0.1, 0.15) is 266 Å². The molecule has 3 saturated heterocycles. The van der Waals surface area contributed by atoms with Gasteiger partial charge in [0.1, 0.15) is 71.2 Å². The first-order chi connectivity index (χ1) is 68.4. The third-order valence-electron chi connectivity index (χ3n) is 28.9. The molecule has 782 valence electrons. The Labute approximate surface area is 841 Å². The average molecular weight is 2010 g/mol. The predicted molar refractivity (Wildman–Crippen MR) is 524 cm³/mol. The topological polar surface area (TPSA) is 599 Å². The van der Waals surface area contributed by atoms with E-state index in [0.29, 0.717) is 62.4 Å². The molecule has 6 aromatic rings. The molecule has 3 aromatic heterocycles. The molecule has 43 heteroatoms. The number of ketones is 2. The number of Topliss-reactive ketones (excluding diaryl/α,β-unsaturated/α-hetero) is 2. The molecule has 3 aromatic carbocycles. The summed E-state index contributed by atoms with van der Waals surface area (Å²) in [5.41, 5.74) is -2.96. The summed E-state index contributed by atoms with van der Waals surface area (Å²) in [6.07, 6.45) is 29.8. The van der Waals surface area contributed by atoms with Crippen molar-refractivity contribution in [1.29, 1.82) is 5.26 Å². The van der Waals surface area contributed by atoms with Gasteiger partial charge in [0.15, 0.2) is 11.9 Å². The summed E-state index contributed by atoms with van der Waals surface area (Å²) in [6, 6.07) is 22.4. The summed E-state index contributed by atoms with van der Waals surface area (Å²) >= 11 is 0. The van der Waals surface area contributed by atoms with E-state index in [0.717, 1.165) is 152 Å². The number of amides is 9. The molecular formula is C102H138N22O21. The van der Waals surface area contributed by atoms with Crippen molar-refractivity contribution in [2.45, 2.75) is 349 Å². The summed E-state index contributed by atoms with van der Waals surface area (Å²) in [5.74, 6) is -6.51. The van der Waals surface area contributed by atoms with Gasteiger partial charge in [-0.2, -0.15) is 19.7 Å². The predicted octanol–water partition coefficient (Wildman–Crippen LogP) is 9.16. The fourth-order valence-electron chi connectivity index (χ4n) is 20.7. The minimum Gasteiger partial charge on any atom is -0.479 e. The zero-order chi connectivity index (χ0) is 100. The molecule has 6 aliphatic carbocycles. The van der Waals surface area contributed by atoms with Gasteiger partial charge in [0.2, 0.25) is 58.7 Å². The first-order valence-electron chi connectivity index (χ1n) is 50.1. The number of aromatic nitrogens is 12. The Morgan fingerprint density at radius 3 is 1.07 bits per heavy atom. The van der Waals surface area contributed by atoms with E-state index in [1.807, 2.05) is 127 Å². The Bertz CT molecular complexity index is 5630. The molecule has 0 bridgehead atoms. The number of tetrazole rings is 3. The van der Waals surface area contributed by atoms with Crippen molar-refractivity contribution in [2.75, 3.05) is 19.6 Å². The third-order valence-corrected chi connectivity index (χ3v) is 28.9. The van der Waals surface area contributed by atoms with Gasteiger partial charge in [-0.3, -0.25) is 38.4 Å². The van der Waals surface area contributed by atoms with Gasteiger partial charge in [-0.05, 0) is 184 Å². The van der Waals surface area contributed by atoms with Crippen molar-refractivity contribution in [2.24, 2.45) is 17.8 Å². The molecule has 6 saturated carbocycles. The van der Waals surface area contributed by atoms with E-state index in [9.17, 15) is 77.6 Å². The Morgan fingerprint density at radius 1 is 0.448 bits per heavy atom. The molecule has 0 spiro atoms. The highest BCUT2D eigenvalue weighted by Crippen LogP contribution is 2.50. The van der Waals surface area contributed by atoms with Crippen LogP contribution in [0.25, 0.3) is 34.2 Å². The Kier molecular flexibility index (Phi) is 37.8. The van der Waals surface area contributed by atoms with E-state index < -0.39 is 160 Å². The maximum absolute atomic E-state index is 14.3. The largest absolute Gasteiger partial charge is 0.479 e. The molecule has 145 heavy (non-hydrogen) atoms. The Balaban J connectivity index is 0.000000186. The number of fused-ring (bicyclic) bond motifs is 6. The fourth-order valence-corrected chi connectivity index (χ4v) is 20.7. The molecule has 12 N–H and O–H groups in total.